The lowest BCUT2D eigenvalue weighted by Crippen LogP contribution is -2.15. The molecule has 1 saturated heterocycles. The third kappa shape index (κ3) is 3.48. The van der Waals surface area contributed by atoms with E-state index < -0.39 is 5.97 Å². The zero-order valence-corrected chi connectivity index (χ0v) is 9.58. The van der Waals surface area contributed by atoms with Crippen LogP contribution in [0, 0.1) is 0 Å². The first kappa shape index (κ1) is 12.0. The first-order chi connectivity index (χ1) is 8.25. The Balaban J connectivity index is 1.85. The first-order valence-corrected chi connectivity index (χ1v) is 5.84. The molecule has 17 heavy (non-hydrogen) atoms. The fraction of sp³-hybridized carbons (Fsp3) is 0.800. The average molecular weight is 240 g/mol. The summed E-state index contributed by atoms with van der Waals surface area (Å²) in [6.45, 7) is 1.35. The molecule has 0 bridgehead atoms. The zero-order chi connectivity index (χ0) is 12.1. The van der Waals surface area contributed by atoms with Gasteiger partial charge in [-0.05, 0) is 29.7 Å². The molecular weight excluding hydrogens is 224 g/mol. The Hall–Kier alpha value is -1.50. The van der Waals surface area contributed by atoms with Crippen LogP contribution in [0.2, 0.25) is 0 Å². The monoisotopic (exact) mass is 240 g/mol. The lowest BCUT2D eigenvalue weighted by atomic mass is 10.2. The smallest absolute Gasteiger partial charge is 0.303 e. The molecule has 0 radical (unpaired) electrons. The number of hydrogen-bond donors (Lipinski definition) is 1. The van der Waals surface area contributed by atoms with Crippen molar-refractivity contribution in [3.63, 3.8) is 0 Å². The minimum atomic E-state index is -0.793. The number of ether oxygens (including phenoxy) is 1. The Bertz CT molecular complexity index is 373. The van der Waals surface area contributed by atoms with E-state index in [1.165, 1.54) is 0 Å². The van der Waals surface area contributed by atoms with Gasteiger partial charge in [-0.2, -0.15) is 0 Å². The highest BCUT2D eigenvalue weighted by molar-refractivity contribution is 5.66. The van der Waals surface area contributed by atoms with Crippen molar-refractivity contribution in [1.82, 2.24) is 20.2 Å². The summed E-state index contributed by atoms with van der Waals surface area (Å²) in [5.41, 5.74) is 0. The van der Waals surface area contributed by atoms with Gasteiger partial charge < -0.3 is 9.84 Å². The van der Waals surface area contributed by atoms with Crippen molar-refractivity contribution in [3.05, 3.63) is 5.82 Å². The molecule has 1 unspecified atom stereocenters. The van der Waals surface area contributed by atoms with Crippen molar-refractivity contribution < 1.29 is 14.6 Å². The van der Waals surface area contributed by atoms with Crippen LogP contribution in [0.1, 0.15) is 31.5 Å². The second-order valence-electron chi connectivity index (χ2n) is 4.15. The van der Waals surface area contributed by atoms with E-state index in [0.717, 1.165) is 25.3 Å². The second kappa shape index (κ2) is 5.72. The number of carbonyl (C=O) groups is 1. The number of aliphatic carboxylic acids is 1. The summed E-state index contributed by atoms with van der Waals surface area (Å²) < 4.78 is 7.19. The van der Waals surface area contributed by atoms with Crippen LogP contribution in [0.5, 0.6) is 0 Å². The van der Waals surface area contributed by atoms with E-state index in [1.54, 1.807) is 4.68 Å². The maximum Gasteiger partial charge on any atom is 0.303 e. The molecule has 0 amide bonds. The number of rotatable bonds is 6. The van der Waals surface area contributed by atoms with Gasteiger partial charge in [-0.3, -0.25) is 4.79 Å². The zero-order valence-electron chi connectivity index (χ0n) is 9.58. The van der Waals surface area contributed by atoms with E-state index in [2.05, 4.69) is 15.5 Å². The van der Waals surface area contributed by atoms with Crippen LogP contribution in [0.25, 0.3) is 0 Å². The summed E-state index contributed by atoms with van der Waals surface area (Å²) in [6.07, 6.45) is 3.73. The van der Waals surface area contributed by atoms with Gasteiger partial charge in [0.1, 0.15) is 0 Å². The van der Waals surface area contributed by atoms with E-state index in [9.17, 15) is 4.79 Å². The molecule has 94 valence electrons. The molecule has 0 aromatic carbocycles. The Kier molecular flexibility index (Phi) is 4.03. The van der Waals surface area contributed by atoms with Crippen LogP contribution in [0.3, 0.4) is 0 Å². The summed E-state index contributed by atoms with van der Waals surface area (Å²) in [5.74, 6) is -0.0129. The van der Waals surface area contributed by atoms with Crippen molar-refractivity contribution in [1.29, 1.82) is 0 Å². The van der Waals surface area contributed by atoms with Crippen molar-refractivity contribution in [2.75, 3.05) is 6.61 Å². The Morgan fingerprint density at radius 1 is 1.59 bits per heavy atom. The van der Waals surface area contributed by atoms with E-state index >= 15 is 0 Å². The van der Waals surface area contributed by atoms with Gasteiger partial charge >= 0.3 is 5.97 Å². The Morgan fingerprint density at radius 2 is 2.47 bits per heavy atom. The van der Waals surface area contributed by atoms with E-state index in [1.807, 2.05) is 0 Å². The number of aryl methyl sites for hydroxylation is 1. The number of aromatic nitrogens is 4. The summed E-state index contributed by atoms with van der Waals surface area (Å²) >= 11 is 0. The molecule has 1 fully saturated rings. The highest BCUT2D eigenvalue weighted by atomic mass is 16.5. The minimum absolute atomic E-state index is 0.138. The summed E-state index contributed by atoms with van der Waals surface area (Å²) in [7, 11) is 0. The molecule has 7 nitrogen and oxygen atoms in total. The largest absolute Gasteiger partial charge is 0.481 e. The van der Waals surface area contributed by atoms with E-state index in [0.29, 0.717) is 19.4 Å². The van der Waals surface area contributed by atoms with Crippen molar-refractivity contribution in [2.24, 2.45) is 0 Å². The minimum Gasteiger partial charge on any atom is -0.481 e. The predicted octanol–water partition coefficient (Wildman–Crippen LogP) is 0.259. The average Bonchev–Trinajstić information content (AvgIpc) is 2.91. The maximum absolute atomic E-state index is 10.4. The third-order valence-corrected chi connectivity index (χ3v) is 2.80. The molecule has 1 aliphatic rings. The van der Waals surface area contributed by atoms with Crippen LogP contribution >= 0.6 is 0 Å². The summed E-state index contributed by atoms with van der Waals surface area (Å²) in [6, 6.07) is 0. The highest BCUT2D eigenvalue weighted by Gasteiger charge is 2.19. The Labute approximate surface area is 98.8 Å². The second-order valence-corrected chi connectivity index (χ2v) is 4.15. The molecule has 1 aromatic heterocycles. The van der Waals surface area contributed by atoms with Crippen LogP contribution in [0.15, 0.2) is 0 Å². The Morgan fingerprint density at radius 3 is 3.18 bits per heavy atom. The van der Waals surface area contributed by atoms with Gasteiger partial charge in [-0.15, -0.1) is 5.10 Å². The van der Waals surface area contributed by atoms with Crippen LogP contribution in [-0.2, 0) is 22.5 Å². The quantitative estimate of drug-likeness (QED) is 0.767. The van der Waals surface area contributed by atoms with Gasteiger partial charge in [0.2, 0.25) is 0 Å². The molecular formula is C10H16N4O3. The third-order valence-electron chi connectivity index (χ3n) is 2.80. The van der Waals surface area contributed by atoms with Gasteiger partial charge in [0.25, 0.3) is 0 Å². The molecule has 1 aliphatic heterocycles. The molecule has 1 N–H and O–H groups in total. The van der Waals surface area contributed by atoms with Gasteiger partial charge in [-0.25, -0.2) is 4.68 Å². The number of hydrogen-bond acceptors (Lipinski definition) is 5. The van der Waals surface area contributed by atoms with Gasteiger partial charge in [-0.1, -0.05) is 0 Å². The van der Waals surface area contributed by atoms with Gasteiger partial charge in [0.05, 0.1) is 6.10 Å². The molecule has 2 heterocycles. The molecule has 0 spiro atoms. The van der Waals surface area contributed by atoms with Crippen molar-refractivity contribution in [2.45, 2.75) is 44.8 Å². The first-order valence-electron chi connectivity index (χ1n) is 5.84. The molecule has 1 atom stereocenters. The fourth-order valence-corrected chi connectivity index (χ4v) is 1.93. The highest BCUT2D eigenvalue weighted by Crippen LogP contribution is 2.15. The van der Waals surface area contributed by atoms with Crippen molar-refractivity contribution in [3.8, 4) is 0 Å². The number of carboxylic acids is 1. The number of tetrazole rings is 1. The molecule has 0 saturated carbocycles. The fourth-order valence-electron chi connectivity index (χ4n) is 1.93. The normalized spacial score (nSPS) is 19.6. The summed E-state index contributed by atoms with van der Waals surface area (Å²) in [5, 5.41) is 20.0. The lowest BCUT2D eigenvalue weighted by molar-refractivity contribution is -0.137. The predicted molar refractivity (Wildman–Crippen MR) is 57.4 cm³/mol. The van der Waals surface area contributed by atoms with Crippen LogP contribution in [0.4, 0.5) is 0 Å². The van der Waals surface area contributed by atoms with E-state index in [-0.39, 0.29) is 12.5 Å². The molecule has 2 rings (SSSR count). The van der Waals surface area contributed by atoms with Gasteiger partial charge in [0.15, 0.2) is 5.82 Å². The molecule has 7 heteroatoms. The van der Waals surface area contributed by atoms with Crippen LogP contribution in [-0.4, -0.2) is 44.0 Å². The summed E-state index contributed by atoms with van der Waals surface area (Å²) in [4.78, 5) is 10.4. The molecule has 1 aromatic rings. The van der Waals surface area contributed by atoms with Crippen LogP contribution < -0.4 is 0 Å². The topological polar surface area (TPSA) is 90.1 Å². The van der Waals surface area contributed by atoms with Gasteiger partial charge in [0, 0.05) is 26.0 Å². The lowest BCUT2D eigenvalue weighted by Gasteiger charge is -2.08. The number of carboxylic acid groups (broad SMARTS) is 1. The molecule has 0 aliphatic carbocycles. The number of nitrogens with zero attached hydrogens (tertiary/aromatic N) is 4. The SMILES string of the molecule is O=C(O)CCCn1nnnc1CC1CCCO1. The van der Waals surface area contributed by atoms with E-state index in [4.69, 9.17) is 9.84 Å². The standard InChI is InChI=1S/C10H16N4O3/c15-10(16)4-1-5-14-9(11-12-13-14)7-8-3-2-6-17-8/h8H,1-7H2,(H,15,16). The van der Waals surface area contributed by atoms with Crippen molar-refractivity contribution >= 4 is 5.97 Å². The maximum atomic E-state index is 10.4.